The van der Waals surface area contributed by atoms with Crippen LogP contribution in [-0.2, 0) is 19.4 Å². The standard InChI is InChI=1S/C37H55N3O5S/c1-35(2,3)31-26-39(23-24-40(31)32(41)25-27-19-21-38(22-20-27)34(42)45-36(4,5)6)33(28-13-11-10-12-14-28)29-15-17-30(18-16-29)46(43,44)37(7,8)9/h10-18,27,31,33H,19-26H2,1-9H3/t31-,33?/m1/s1. The van der Waals surface area contributed by atoms with E-state index in [1.54, 1.807) is 37.8 Å². The summed E-state index contributed by atoms with van der Waals surface area (Å²) < 4.78 is 30.9. The third-order valence-electron chi connectivity index (χ3n) is 9.25. The van der Waals surface area contributed by atoms with Crippen LogP contribution < -0.4 is 0 Å². The second-order valence-electron chi connectivity index (χ2n) is 16.1. The van der Waals surface area contributed by atoms with E-state index in [1.165, 1.54) is 0 Å². The molecule has 1 unspecified atom stereocenters. The van der Waals surface area contributed by atoms with E-state index in [1.807, 2.05) is 51.1 Å². The van der Waals surface area contributed by atoms with Crippen LogP contribution in [0.15, 0.2) is 59.5 Å². The van der Waals surface area contributed by atoms with Crippen LogP contribution >= 0.6 is 0 Å². The minimum Gasteiger partial charge on any atom is -0.444 e. The molecule has 0 N–H and O–H groups in total. The van der Waals surface area contributed by atoms with Gasteiger partial charge in [0.15, 0.2) is 9.84 Å². The summed E-state index contributed by atoms with van der Waals surface area (Å²) in [6.45, 7) is 20.6. The number of ether oxygens (including phenoxy) is 1. The van der Waals surface area contributed by atoms with E-state index in [0.717, 1.165) is 24.0 Å². The number of hydrogen-bond donors (Lipinski definition) is 0. The van der Waals surface area contributed by atoms with Crippen molar-refractivity contribution in [1.82, 2.24) is 14.7 Å². The topological polar surface area (TPSA) is 87.2 Å². The lowest BCUT2D eigenvalue weighted by Crippen LogP contribution is -2.60. The van der Waals surface area contributed by atoms with E-state index in [9.17, 15) is 18.0 Å². The Kier molecular flexibility index (Phi) is 10.7. The third kappa shape index (κ3) is 8.51. The van der Waals surface area contributed by atoms with Crippen molar-refractivity contribution in [2.45, 2.75) is 109 Å². The maximum atomic E-state index is 13.9. The first kappa shape index (κ1) is 35.9. The largest absolute Gasteiger partial charge is 0.444 e. The van der Waals surface area contributed by atoms with Gasteiger partial charge in [0, 0.05) is 45.2 Å². The number of nitrogens with zero attached hydrogens (tertiary/aromatic N) is 3. The number of carbonyl (C=O) groups excluding carboxylic acids is 2. The molecule has 2 heterocycles. The molecule has 2 atom stereocenters. The lowest BCUT2D eigenvalue weighted by atomic mass is 9.82. The summed E-state index contributed by atoms with van der Waals surface area (Å²) in [6.07, 6.45) is 1.80. The number of hydrogen-bond acceptors (Lipinski definition) is 6. The number of rotatable bonds is 6. The van der Waals surface area contributed by atoms with Crippen LogP contribution in [0.4, 0.5) is 4.79 Å². The SMILES string of the molecule is CC(C)(C)OC(=O)N1CCC(CC(=O)N2CCN(C(c3ccccc3)c3ccc(S(=O)(=O)C(C)(C)C)cc3)C[C@@H]2C(C)(C)C)CC1. The summed E-state index contributed by atoms with van der Waals surface area (Å²) in [7, 11) is -3.46. The Morgan fingerprint density at radius 3 is 1.89 bits per heavy atom. The van der Waals surface area contributed by atoms with Gasteiger partial charge in [0.2, 0.25) is 5.91 Å². The molecule has 46 heavy (non-hydrogen) atoms. The van der Waals surface area contributed by atoms with Crippen molar-refractivity contribution in [2.24, 2.45) is 11.3 Å². The van der Waals surface area contributed by atoms with Crippen LogP contribution in [-0.4, -0.2) is 84.2 Å². The number of sulfone groups is 1. The average molecular weight is 654 g/mol. The van der Waals surface area contributed by atoms with Crippen molar-refractivity contribution >= 4 is 21.8 Å². The highest BCUT2D eigenvalue weighted by Crippen LogP contribution is 2.37. The minimum absolute atomic E-state index is 0.00218. The fourth-order valence-electron chi connectivity index (χ4n) is 6.52. The van der Waals surface area contributed by atoms with Gasteiger partial charge in [-0.2, -0.15) is 0 Å². The second-order valence-corrected chi connectivity index (χ2v) is 18.8. The van der Waals surface area contributed by atoms with E-state index in [-0.39, 0.29) is 35.4 Å². The van der Waals surface area contributed by atoms with Gasteiger partial charge >= 0.3 is 6.09 Å². The molecule has 0 aromatic heterocycles. The summed E-state index contributed by atoms with van der Waals surface area (Å²) in [5.41, 5.74) is 1.49. The number of carbonyl (C=O) groups is 2. The first-order valence-electron chi connectivity index (χ1n) is 16.7. The van der Waals surface area contributed by atoms with E-state index in [2.05, 4.69) is 42.7 Å². The predicted molar refractivity (Wildman–Crippen MR) is 183 cm³/mol. The van der Waals surface area contributed by atoms with Gasteiger partial charge in [-0.05, 0) is 89.0 Å². The highest BCUT2D eigenvalue weighted by atomic mass is 32.2. The average Bonchev–Trinajstić information content (AvgIpc) is 2.96. The van der Waals surface area contributed by atoms with Crippen LogP contribution in [0.5, 0.6) is 0 Å². The number of amides is 2. The van der Waals surface area contributed by atoms with E-state index >= 15 is 0 Å². The molecule has 2 saturated heterocycles. The maximum Gasteiger partial charge on any atom is 0.410 e. The molecule has 4 rings (SSSR count). The molecular weight excluding hydrogens is 598 g/mol. The Morgan fingerprint density at radius 2 is 1.37 bits per heavy atom. The van der Waals surface area contributed by atoms with Crippen LogP contribution in [0, 0.1) is 11.3 Å². The summed E-state index contributed by atoms with van der Waals surface area (Å²) in [4.78, 5) is 33.1. The van der Waals surface area contributed by atoms with Crippen LogP contribution in [0.25, 0.3) is 0 Å². The van der Waals surface area contributed by atoms with Crippen molar-refractivity contribution in [3.05, 3.63) is 65.7 Å². The molecule has 2 aromatic carbocycles. The fraction of sp³-hybridized carbons (Fsp3) is 0.622. The molecule has 0 aliphatic carbocycles. The van der Waals surface area contributed by atoms with E-state index < -0.39 is 20.2 Å². The molecule has 2 fully saturated rings. The van der Waals surface area contributed by atoms with Gasteiger partial charge in [-0.25, -0.2) is 13.2 Å². The van der Waals surface area contributed by atoms with Gasteiger partial charge in [-0.15, -0.1) is 0 Å². The molecule has 2 amide bonds. The van der Waals surface area contributed by atoms with Crippen molar-refractivity contribution in [1.29, 1.82) is 0 Å². The molecule has 2 aliphatic rings. The highest BCUT2D eigenvalue weighted by Gasteiger charge is 2.41. The van der Waals surface area contributed by atoms with Crippen molar-refractivity contribution in [2.75, 3.05) is 32.7 Å². The van der Waals surface area contributed by atoms with Crippen molar-refractivity contribution in [3.63, 3.8) is 0 Å². The van der Waals surface area contributed by atoms with E-state index in [4.69, 9.17) is 4.74 Å². The van der Waals surface area contributed by atoms with Crippen molar-refractivity contribution < 1.29 is 22.7 Å². The van der Waals surface area contributed by atoms with Crippen LogP contribution in [0.2, 0.25) is 0 Å². The quantitative estimate of drug-likeness (QED) is 0.336. The Balaban J connectivity index is 1.51. The van der Waals surface area contributed by atoms with Gasteiger partial charge in [-0.3, -0.25) is 9.69 Å². The van der Waals surface area contributed by atoms with Gasteiger partial charge in [0.05, 0.1) is 15.7 Å². The Labute approximate surface area is 277 Å². The van der Waals surface area contributed by atoms with Crippen LogP contribution in [0.1, 0.15) is 98.7 Å². The Bertz CT molecular complexity index is 1450. The smallest absolute Gasteiger partial charge is 0.410 e. The lowest BCUT2D eigenvalue weighted by molar-refractivity contribution is -0.141. The predicted octanol–water partition coefficient (Wildman–Crippen LogP) is 6.94. The van der Waals surface area contributed by atoms with Gasteiger partial charge in [0.25, 0.3) is 0 Å². The zero-order valence-corrected chi connectivity index (χ0v) is 30.2. The molecule has 0 spiro atoms. The lowest BCUT2D eigenvalue weighted by Gasteiger charge is -2.50. The molecule has 2 aliphatic heterocycles. The third-order valence-corrected chi connectivity index (χ3v) is 11.8. The normalized spacial score (nSPS) is 20.0. The molecule has 0 radical (unpaired) electrons. The molecule has 0 saturated carbocycles. The number of piperazine rings is 1. The fourth-order valence-corrected chi connectivity index (χ4v) is 7.72. The summed E-state index contributed by atoms with van der Waals surface area (Å²) in [5, 5.41) is 0. The zero-order valence-electron chi connectivity index (χ0n) is 29.4. The van der Waals surface area contributed by atoms with Crippen molar-refractivity contribution in [3.8, 4) is 0 Å². The number of piperidine rings is 1. The Hall–Kier alpha value is -2.91. The van der Waals surface area contributed by atoms with Gasteiger partial charge < -0.3 is 14.5 Å². The first-order chi connectivity index (χ1) is 21.3. The summed E-state index contributed by atoms with van der Waals surface area (Å²) in [6, 6.07) is 17.6. The van der Waals surface area contributed by atoms with Gasteiger partial charge in [0.1, 0.15) is 5.60 Å². The molecule has 0 bridgehead atoms. The zero-order chi connectivity index (χ0) is 34.1. The molecule has 254 valence electrons. The Morgan fingerprint density at radius 1 is 0.804 bits per heavy atom. The molecular formula is C37H55N3O5S. The number of likely N-dealkylation sites (tertiary alicyclic amines) is 1. The highest BCUT2D eigenvalue weighted by molar-refractivity contribution is 7.92. The van der Waals surface area contributed by atoms with E-state index in [0.29, 0.717) is 44.0 Å². The summed E-state index contributed by atoms with van der Waals surface area (Å²) in [5.74, 6) is 0.424. The maximum absolute atomic E-state index is 13.9. The number of benzene rings is 2. The minimum atomic E-state index is -3.46. The monoisotopic (exact) mass is 653 g/mol. The molecule has 2 aromatic rings. The summed E-state index contributed by atoms with van der Waals surface area (Å²) >= 11 is 0. The van der Waals surface area contributed by atoms with Gasteiger partial charge in [-0.1, -0.05) is 63.2 Å². The second kappa shape index (κ2) is 13.7. The molecule has 8 nitrogen and oxygen atoms in total. The molecule has 9 heteroatoms. The first-order valence-corrected chi connectivity index (χ1v) is 18.2. The van der Waals surface area contributed by atoms with Crippen LogP contribution in [0.3, 0.4) is 0 Å².